The SMILES string of the molecule is Cc1cc2[nH]c(=S)n(C)c(=O)c2n1C. The van der Waals surface area contributed by atoms with Crippen LogP contribution in [-0.2, 0) is 14.1 Å². The van der Waals surface area contributed by atoms with E-state index < -0.39 is 0 Å². The van der Waals surface area contributed by atoms with Gasteiger partial charge in [0.15, 0.2) is 4.77 Å². The van der Waals surface area contributed by atoms with Gasteiger partial charge in [-0.2, -0.15) is 0 Å². The van der Waals surface area contributed by atoms with E-state index in [0.29, 0.717) is 10.3 Å². The van der Waals surface area contributed by atoms with Crippen molar-refractivity contribution < 1.29 is 0 Å². The van der Waals surface area contributed by atoms with Crippen molar-refractivity contribution in [2.45, 2.75) is 6.92 Å². The van der Waals surface area contributed by atoms with Crippen LogP contribution in [0, 0.1) is 11.7 Å². The molecule has 0 bridgehead atoms. The molecule has 5 heteroatoms. The number of fused-ring (bicyclic) bond motifs is 1. The van der Waals surface area contributed by atoms with E-state index in [9.17, 15) is 4.79 Å². The lowest BCUT2D eigenvalue weighted by Crippen LogP contribution is -2.20. The lowest BCUT2D eigenvalue weighted by molar-refractivity contribution is 0.807. The molecular weight excluding hydrogens is 198 g/mol. The van der Waals surface area contributed by atoms with Gasteiger partial charge in [0, 0.05) is 19.8 Å². The van der Waals surface area contributed by atoms with E-state index >= 15 is 0 Å². The number of aromatic amines is 1. The van der Waals surface area contributed by atoms with Crippen LogP contribution in [0.25, 0.3) is 11.0 Å². The van der Waals surface area contributed by atoms with Gasteiger partial charge in [-0.3, -0.25) is 9.36 Å². The van der Waals surface area contributed by atoms with Crippen LogP contribution in [0.5, 0.6) is 0 Å². The van der Waals surface area contributed by atoms with Crippen molar-refractivity contribution in [3.05, 3.63) is 26.9 Å². The predicted octanol–water partition coefficient (Wildman–Crippen LogP) is 1.24. The molecule has 2 aromatic heterocycles. The van der Waals surface area contributed by atoms with Crippen LogP contribution >= 0.6 is 12.2 Å². The summed E-state index contributed by atoms with van der Waals surface area (Å²) < 4.78 is 3.76. The fraction of sp³-hybridized carbons (Fsp3) is 0.333. The van der Waals surface area contributed by atoms with E-state index in [2.05, 4.69) is 4.98 Å². The molecule has 4 nitrogen and oxygen atoms in total. The van der Waals surface area contributed by atoms with Gasteiger partial charge in [0.1, 0.15) is 5.52 Å². The number of rotatable bonds is 0. The van der Waals surface area contributed by atoms with Crippen molar-refractivity contribution >= 4 is 23.3 Å². The number of aryl methyl sites for hydroxylation is 2. The molecular formula is C9H11N3OS. The second-order valence-electron chi connectivity index (χ2n) is 3.40. The molecule has 0 spiro atoms. The number of H-pyrrole nitrogens is 1. The fourth-order valence-corrected chi connectivity index (χ4v) is 1.73. The largest absolute Gasteiger partial charge is 0.342 e. The Balaban J connectivity index is 3.15. The molecule has 0 aliphatic heterocycles. The monoisotopic (exact) mass is 209 g/mol. The minimum Gasteiger partial charge on any atom is -0.342 e. The zero-order chi connectivity index (χ0) is 10.5. The molecule has 1 N–H and O–H groups in total. The summed E-state index contributed by atoms with van der Waals surface area (Å²) in [5.74, 6) is 0. The summed E-state index contributed by atoms with van der Waals surface area (Å²) in [5.41, 5.74) is 2.45. The molecule has 74 valence electrons. The van der Waals surface area contributed by atoms with E-state index in [0.717, 1.165) is 11.2 Å². The maximum Gasteiger partial charge on any atom is 0.278 e. The Morgan fingerprint density at radius 3 is 2.64 bits per heavy atom. The molecule has 2 rings (SSSR count). The quantitative estimate of drug-likeness (QED) is 0.663. The Morgan fingerprint density at radius 1 is 1.36 bits per heavy atom. The summed E-state index contributed by atoms with van der Waals surface area (Å²) in [5, 5.41) is 0. The highest BCUT2D eigenvalue weighted by Gasteiger charge is 2.08. The maximum absolute atomic E-state index is 11.8. The minimum atomic E-state index is -0.0562. The summed E-state index contributed by atoms with van der Waals surface area (Å²) in [6, 6.07) is 1.92. The molecule has 14 heavy (non-hydrogen) atoms. The number of aromatic nitrogens is 3. The van der Waals surface area contributed by atoms with Gasteiger partial charge in [-0.1, -0.05) is 0 Å². The van der Waals surface area contributed by atoms with Crippen molar-refractivity contribution in [1.29, 1.82) is 0 Å². The average Bonchev–Trinajstić information content (AvgIpc) is 2.39. The lowest BCUT2D eigenvalue weighted by atomic mass is 10.4. The average molecular weight is 209 g/mol. The van der Waals surface area contributed by atoms with Crippen LogP contribution in [0.4, 0.5) is 0 Å². The number of nitrogens with zero attached hydrogens (tertiary/aromatic N) is 2. The molecule has 0 aliphatic carbocycles. The first-order valence-corrected chi connectivity index (χ1v) is 4.68. The second kappa shape index (κ2) is 2.81. The van der Waals surface area contributed by atoms with Crippen molar-refractivity contribution in [1.82, 2.24) is 14.1 Å². The predicted molar refractivity (Wildman–Crippen MR) is 58.1 cm³/mol. The van der Waals surface area contributed by atoms with Crippen LogP contribution in [0.3, 0.4) is 0 Å². The summed E-state index contributed by atoms with van der Waals surface area (Å²) in [4.78, 5) is 14.9. The molecule has 0 aliphatic rings. The molecule has 0 amide bonds. The Hall–Kier alpha value is -1.36. The van der Waals surface area contributed by atoms with Crippen molar-refractivity contribution in [3.63, 3.8) is 0 Å². The van der Waals surface area contributed by atoms with Crippen molar-refractivity contribution in [2.24, 2.45) is 14.1 Å². The normalized spacial score (nSPS) is 11.1. The van der Waals surface area contributed by atoms with Crippen LogP contribution < -0.4 is 5.56 Å². The van der Waals surface area contributed by atoms with Crippen molar-refractivity contribution in [2.75, 3.05) is 0 Å². The van der Waals surface area contributed by atoms with Gasteiger partial charge < -0.3 is 9.55 Å². The zero-order valence-electron chi connectivity index (χ0n) is 8.29. The first kappa shape index (κ1) is 9.21. The number of hydrogen-bond donors (Lipinski definition) is 1. The van der Waals surface area contributed by atoms with Gasteiger partial charge in [0.2, 0.25) is 0 Å². The van der Waals surface area contributed by atoms with Gasteiger partial charge in [0.25, 0.3) is 5.56 Å². The number of nitrogens with one attached hydrogen (secondary N) is 1. The molecule has 0 unspecified atom stereocenters. The smallest absolute Gasteiger partial charge is 0.278 e. The van der Waals surface area contributed by atoms with Gasteiger partial charge in [0.05, 0.1) is 5.52 Å². The first-order chi connectivity index (χ1) is 6.52. The third kappa shape index (κ3) is 1.05. The molecule has 0 aromatic carbocycles. The third-order valence-electron chi connectivity index (χ3n) is 2.53. The van der Waals surface area contributed by atoms with Gasteiger partial charge in [-0.15, -0.1) is 0 Å². The first-order valence-electron chi connectivity index (χ1n) is 4.27. The third-order valence-corrected chi connectivity index (χ3v) is 2.90. The summed E-state index contributed by atoms with van der Waals surface area (Å²) >= 11 is 5.02. The molecule has 0 saturated carbocycles. The molecule has 0 fully saturated rings. The van der Waals surface area contributed by atoms with E-state index in [-0.39, 0.29) is 5.56 Å². The highest BCUT2D eigenvalue weighted by Crippen LogP contribution is 2.11. The minimum absolute atomic E-state index is 0.0562. The van der Waals surface area contributed by atoms with Crippen LogP contribution in [0.1, 0.15) is 5.69 Å². The molecule has 0 radical (unpaired) electrons. The highest BCUT2D eigenvalue weighted by atomic mass is 32.1. The second-order valence-corrected chi connectivity index (χ2v) is 3.79. The van der Waals surface area contributed by atoms with Crippen LogP contribution in [0.2, 0.25) is 0 Å². The highest BCUT2D eigenvalue weighted by molar-refractivity contribution is 7.71. The van der Waals surface area contributed by atoms with Gasteiger partial charge in [-0.05, 0) is 25.2 Å². The molecule has 0 saturated heterocycles. The van der Waals surface area contributed by atoms with E-state index in [1.54, 1.807) is 7.05 Å². The Morgan fingerprint density at radius 2 is 2.00 bits per heavy atom. The molecule has 0 atom stereocenters. The Labute approximate surface area is 85.8 Å². The van der Waals surface area contributed by atoms with Crippen molar-refractivity contribution in [3.8, 4) is 0 Å². The molecule has 2 aromatic rings. The standard InChI is InChI=1S/C9H11N3OS/c1-5-4-6-7(11(5)2)8(13)12(3)9(14)10-6/h4H,1-3H3,(H,10,14). The lowest BCUT2D eigenvalue weighted by Gasteiger charge is -2.00. The summed E-state index contributed by atoms with van der Waals surface area (Å²) in [6.45, 7) is 1.95. The zero-order valence-corrected chi connectivity index (χ0v) is 9.10. The summed E-state index contributed by atoms with van der Waals surface area (Å²) in [6.07, 6.45) is 0. The number of hydrogen-bond acceptors (Lipinski definition) is 2. The van der Waals surface area contributed by atoms with E-state index in [1.807, 2.05) is 24.6 Å². The maximum atomic E-state index is 11.8. The van der Waals surface area contributed by atoms with Crippen LogP contribution in [-0.4, -0.2) is 14.1 Å². The topological polar surface area (TPSA) is 42.7 Å². The van der Waals surface area contributed by atoms with E-state index in [4.69, 9.17) is 12.2 Å². The molecule has 2 heterocycles. The Bertz CT molecular complexity index is 617. The van der Waals surface area contributed by atoms with Gasteiger partial charge >= 0.3 is 0 Å². The fourth-order valence-electron chi connectivity index (χ4n) is 1.54. The Kier molecular flexibility index (Phi) is 1.85. The van der Waals surface area contributed by atoms with Crippen LogP contribution in [0.15, 0.2) is 10.9 Å². The summed E-state index contributed by atoms with van der Waals surface area (Å²) in [7, 11) is 3.54. The van der Waals surface area contributed by atoms with E-state index in [1.165, 1.54) is 4.57 Å². The van der Waals surface area contributed by atoms with Gasteiger partial charge in [-0.25, -0.2) is 0 Å².